The minimum atomic E-state index is -0.161. The van der Waals surface area contributed by atoms with Gasteiger partial charge in [-0.05, 0) is 26.2 Å². The van der Waals surface area contributed by atoms with Crippen LogP contribution in [0.25, 0.3) is 0 Å². The second kappa shape index (κ2) is 7.03. The van der Waals surface area contributed by atoms with Crippen molar-refractivity contribution in [2.75, 3.05) is 0 Å². The molecule has 1 aromatic rings. The fraction of sp³-hybridized carbons (Fsp3) is 0.692. The molecule has 0 fully saturated rings. The highest BCUT2D eigenvalue weighted by atomic mass is 16.5. The van der Waals surface area contributed by atoms with Crippen molar-refractivity contribution >= 4 is 6.03 Å². The number of aromatic nitrogens is 1. The van der Waals surface area contributed by atoms with Crippen molar-refractivity contribution in [3.8, 4) is 0 Å². The summed E-state index contributed by atoms with van der Waals surface area (Å²) in [5.41, 5.74) is 0.734. The fourth-order valence-corrected chi connectivity index (χ4v) is 1.78. The second-order valence-electron chi connectivity index (χ2n) is 4.91. The number of carbonyl (C=O) groups excluding carboxylic acids is 1. The molecule has 2 amide bonds. The van der Waals surface area contributed by atoms with Gasteiger partial charge in [0, 0.05) is 12.1 Å². The van der Waals surface area contributed by atoms with Crippen molar-refractivity contribution in [1.82, 2.24) is 15.8 Å². The normalized spacial score (nSPS) is 14.0. The minimum Gasteiger partial charge on any atom is -0.361 e. The van der Waals surface area contributed by atoms with Crippen LogP contribution in [0.2, 0.25) is 0 Å². The Kier molecular flexibility index (Phi) is 5.68. The van der Waals surface area contributed by atoms with Crippen molar-refractivity contribution < 1.29 is 9.32 Å². The summed E-state index contributed by atoms with van der Waals surface area (Å²) in [4.78, 5) is 11.6. The predicted molar refractivity (Wildman–Crippen MR) is 70.1 cm³/mol. The van der Waals surface area contributed by atoms with Gasteiger partial charge in [-0.3, -0.25) is 0 Å². The molecule has 18 heavy (non-hydrogen) atoms. The third-order valence-electron chi connectivity index (χ3n) is 2.94. The molecule has 1 rings (SSSR count). The molecule has 0 unspecified atom stereocenters. The molecule has 0 aliphatic carbocycles. The zero-order valence-electron chi connectivity index (χ0n) is 11.6. The van der Waals surface area contributed by atoms with E-state index in [2.05, 4.69) is 29.6 Å². The maximum Gasteiger partial charge on any atom is 0.315 e. The number of hydrogen-bond acceptors (Lipinski definition) is 3. The highest BCUT2D eigenvalue weighted by molar-refractivity contribution is 5.74. The highest BCUT2D eigenvalue weighted by Gasteiger charge is 2.10. The molecule has 2 N–H and O–H groups in total. The molecule has 102 valence electrons. The SMILES string of the molecule is CC[C@H](C)C[C@@H](C)NC(=O)NCc1cc(C)on1. The van der Waals surface area contributed by atoms with Gasteiger partial charge in [-0.25, -0.2) is 4.79 Å². The lowest BCUT2D eigenvalue weighted by atomic mass is 10.0. The minimum absolute atomic E-state index is 0.161. The first-order valence-electron chi connectivity index (χ1n) is 6.47. The lowest BCUT2D eigenvalue weighted by Gasteiger charge is -2.17. The number of urea groups is 1. The molecule has 1 aromatic heterocycles. The summed E-state index contributed by atoms with van der Waals surface area (Å²) in [6.07, 6.45) is 2.12. The van der Waals surface area contributed by atoms with Crippen LogP contribution in [0, 0.1) is 12.8 Å². The average Bonchev–Trinajstić information content (AvgIpc) is 2.72. The molecule has 1 heterocycles. The largest absolute Gasteiger partial charge is 0.361 e. The molecule has 0 saturated carbocycles. The summed E-state index contributed by atoms with van der Waals surface area (Å²) in [5, 5.41) is 9.49. The molecule has 5 nitrogen and oxygen atoms in total. The van der Waals surface area contributed by atoms with Gasteiger partial charge < -0.3 is 15.2 Å². The monoisotopic (exact) mass is 253 g/mol. The zero-order chi connectivity index (χ0) is 13.5. The van der Waals surface area contributed by atoms with Crippen molar-refractivity contribution in [2.24, 2.45) is 5.92 Å². The molecule has 0 radical (unpaired) electrons. The van der Waals surface area contributed by atoms with Crippen molar-refractivity contribution in [2.45, 2.75) is 53.1 Å². The van der Waals surface area contributed by atoms with Crippen LogP contribution >= 0.6 is 0 Å². The number of carbonyl (C=O) groups is 1. The van der Waals surface area contributed by atoms with Crippen molar-refractivity contribution in [3.05, 3.63) is 17.5 Å². The lowest BCUT2D eigenvalue weighted by molar-refractivity contribution is 0.235. The van der Waals surface area contributed by atoms with Crippen LogP contribution in [0.5, 0.6) is 0 Å². The van der Waals surface area contributed by atoms with Crippen LogP contribution in [0.15, 0.2) is 10.6 Å². The first-order valence-corrected chi connectivity index (χ1v) is 6.47. The van der Waals surface area contributed by atoms with E-state index in [1.165, 1.54) is 0 Å². The Hall–Kier alpha value is -1.52. The van der Waals surface area contributed by atoms with Crippen molar-refractivity contribution in [3.63, 3.8) is 0 Å². The quantitative estimate of drug-likeness (QED) is 0.819. The van der Waals surface area contributed by atoms with E-state index in [0.717, 1.165) is 24.3 Å². The van der Waals surface area contributed by atoms with Gasteiger partial charge in [-0.15, -0.1) is 0 Å². The summed E-state index contributed by atoms with van der Waals surface area (Å²) < 4.78 is 4.92. The molecule has 0 aliphatic heterocycles. The van der Waals surface area contributed by atoms with Crippen LogP contribution in [-0.2, 0) is 6.54 Å². The van der Waals surface area contributed by atoms with E-state index in [1.807, 2.05) is 19.9 Å². The van der Waals surface area contributed by atoms with Crippen LogP contribution in [0.3, 0.4) is 0 Å². The molecule has 0 saturated heterocycles. The van der Waals surface area contributed by atoms with E-state index in [9.17, 15) is 4.79 Å². The number of nitrogens with one attached hydrogen (secondary N) is 2. The molecule has 0 spiro atoms. The smallest absolute Gasteiger partial charge is 0.315 e. The van der Waals surface area contributed by atoms with Gasteiger partial charge in [0.05, 0.1) is 6.54 Å². The Bertz CT molecular complexity index is 376. The van der Waals surface area contributed by atoms with Crippen LogP contribution in [0.1, 0.15) is 45.1 Å². The zero-order valence-corrected chi connectivity index (χ0v) is 11.6. The van der Waals surface area contributed by atoms with Gasteiger partial charge in [-0.2, -0.15) is 0 Å². The van der Waals surface area contributed by atoms with E-state index in [-0.39, 0.29) is 12.1 Å². The van der Waals surface area contributed by atoms with Gasteiger partial charge in [0.25, 0.3) is 0 Å². The number of nitrogens with zero attached hydrogens (tertiary/aromatic N) is 1. The summed E-state index contributed by atoms with van der Waals surface area (Å²) in [7, 11) is 0. The molecular weight excluding hydrogens is 230 g/mol. The topological polar surface area (TPSA) is 67.2 Å². The Balaban J connectivity index is 2.25. The van der Waals surface area contributed by atoms with E-state index in [0.29, 0.717) is 12.5 Å². The number of aryl methyl sites for hydroxylation is 1. The number of hydrogen-bond donors (Lipinski definition) is 2. The Labute approximate surface area is 108 Å². The van der Waals surface area contributed by atoms with Crippen LogP contribution in [0.4, 0.5) is 4.79 Å². The second-order valence-corrected chi connectivity index (χ2v) is 4.91. The Morgan fingerprint density at radius 3 is 2.78 bits per heavy atom. The average molecular weight is 253 g/mol. The molecule has 2 atom stereocenters. The molecule has 0 aromatic carbocycles. The van der Waals surface area contributed by atoms with E-state index >= 15 is 0 Å². The standard InChI is InChI=1S/C13H23N3O2/c1-5-9(2)6-10(3)15-13(17)14-8-12-7-11(4)18-16-12/h7,9-10H,5-6,8H2,1-4H3,(H2,14,15,17)/t9-,10+/m0/s1. The third kappa shape index (κ3) is 5.21. The van der Waals surface area contributed by atoms with Gasteiger partial charge in [-0.1, -0.05) is 25.4 Å². The molecule has 5 heteroatoms. The maximum atomic E-state index is 11.6. The van der Waals surface area contributed by atoms with E-state index < -0.39 is 0 Å². The van der Waals surface area contributed by atoms with Gasteiger partial charge in [0.2, 0.25) is 0 Å². The highest BCUT2D eigenvalue weighted by Crippen LogP contribution is 2.09. The summed E-state index contributed by atoms with van der Waals surface area (Å²) in [5.74, 6) is 1.37. The molecule has 0 aliphatic rings. The summed E-state index contributed by atoms with van der Waals surface area (Å²) in [6.45, 7) is 8.58. The van der Waals surface area contributed by atoms with Gasteiger partial charge in [0.1, 0.15) is 11.5 Å². The fourth-order valence-electron chi connectivity index (χ4n) is 1.78. The number of rotatable bonds is 6. The van der Waals surface area contributed by atoms with Crippen LogP contribution in [-0.4, -0.2) is 17.2 Å². The molecule has 0 bridgehead atoms. The Morgan fingerprint density at radius 2 is 2.22 bits per heavy atom. The first kappa shape index (κ1) is 14.5. The van der Waals surface area contributed by atoms with E-state index in [1.54, 1.807) is 0 Å². The lowest BCUT2D eigenvalue weighted by Crippen LogP contribution is -2.41. The van der Waals surface area contributed by atoms with Gasteiger partial charge >= 0.3 is 6.03 Å². The summed E-state index contributed by atoms with van der Waals surface area (Å²) in [6, 6.07) is 1.83. The van der Waals surface area contributed by atoms with E-state index in [4.69, 9.17) is 4.52 Å². The molecular formula is C13H23N3O2. The first-order chi connectivity index (χ1) is 8.51. The maximum absolute atomic E-state index is 11.6. The van der Waals surface area contributed by atoms with Gasteiger partial charge in [0.15, 0.2) is 0 Å². The van der Waals surface area contributed by atoms with Crippen molar-refractivity contribution in [1.29, 1.82) is 0 Å². The number of amides is 2. The predicted octanol–water partition coefficient (Wildman–Crippen LogP) is 2.61. The third-order valence-corrected chi connectivity index (χ3v) is 2.94. The van der Waals surface area contributed by atoms with Crippen LogP contribution < -0.4 is 10.6 Å². The summed E-state index contributed by atoms with van der Waals surface area (Å²) >= 11 is 0. The Morgan fingerprint density at radius 1 is 1.50 bits per heavy atom.